The number of pyridine rings is 1. The lowest BCUT2D eigenvalue weighted by Crippen LogP contribution is -2.00. The Bertz CT molecular complexity index is 473. The largest absolute Gasteiger partial charge is 0.481 e. The summed E-state index contributed by atoms with van der Waals surface area (Å²) in [6, 6.07) is 7.70. The van der Waals surface area contributed by atoms with Gasteiger partial charge in [0.25, 0.3) is 0 Å². The van der Waals surface area contributed by atoms with Crippen LogP contribution in [0.2, 0.25) is 0 Å². The fourth-order valence-electron chi connectivity index (χ4n) is 1.25. The molecule has 2 rings (SSSR count). The van der Waals surface area contributed by atoms with Crippen molar-refractivity contribution in [1.29, 1.82) is 0 Å². The summed E-state index contributed by atoms with van der Waals surface area (Å²) in [6.07, 6.45) is 0. The number of halogens is 1. The Morgan fingerprint density at radius 3 is 3.00 bits per heavy atom. The Labute approximate surface area is 107 Å². The zero-order valence-electron chi connectivity index (χ0n) is 8.74. The smallest absolute Gasteiger partial charge is 0.214 e. The first-order valence-electron chi connectivity index (χ1n) is 4.76. The highest BCUT2D eigenvalue weighted by atomic mass is 79.9. The summed E-state index contributed by atoms with van der Waals surface area (Å²) in [6.45, 7) is 0.762. The van der Waals surface area contributed by atoms with Crippen LogP contribution in [-0.2, 0) is 6.54 Å². The summed E-state index contributed by atoms with van der Waals surface area (Å²) < 4.78 is 6.19. The number of anilines is 1. The zero-order valence-corrected chi connectivity index (χ0v) is 11.1. The topological polar surface area (TPSA) is 34.1 Å². The van der Waals surface area contributed by atoms with Crippen LogP contribution in [0.15, 0.2) is 34.1 Å². The Morgan fingerprint density at radius 1 is 1.44 bits per heavy atom. The summed E-state index contributed by atoms with van der Waals surface area (Å²) in [4.78, 5) is 5.53. The predicted octanol–water partition coefficient (Wildman–Crippen LogP) is 3.53. The number of methoxy groups -OCH3 is 1. The van der Waals surface area contributed by atoms with E-state index in [9.17, 15) is 0 Å². The van der Waals surface area contributed by atoms with E-state index in [4.69, 9.17) is 4.74 Å². The Kier molecular flexibility index (Phi) is 3.79. The first-order chi connectivity index (χ1) is 7.79. The maximum atomic E-state index is 5.06. The Balaban J connectivity index is 2.02. The summed E-state index contributed by atoms with van der Waals surface area (Å²) >= 11 is 5.20. The molecular weight excluding hydrogens is 288 g/mol. The number of hydrogen-bond donors (Lipinski definition) is 1. The molecule has 0 aliphatic carbocycles. The minimum atomic E-state index is 0.621. The molecule has 5 heteroatoms. The predicted molar refractivity (Wildman–Crippen MR) is 70.1 cm³/mol. The van der Waals surface area contributed by atoms with Crippen molar-refractivity contribution in [3.8, 4) is 5.88 Å². The molecule has 0 radical (unpaired) electrons. The van der Waals surface area contributed by atoms with Crippen molar-refractivity contribution in [2.45, 2.75) is 6.54 Å². The molecule has 84 valence electrons. The van der Waals surface area contributed by atoms with Crippen molar-refractivity contribution >= 4 is 33.1 Å². The number of nitrogens with zero attached hydrogens (tertiary/aromatic N) is 1. The van der Waals surface area contributed by atoms with E-state index in [1.54, 1.807) is 18.4 Å². The number of rotatable bonds is 4. The van der Waals surface area contributed by atoms with Crippen LogP contribution < -0.4 is 10.1 Å². The van der Waals surface area contributed by atoms with Crippen molar-refractivity contribution < 1.29 is 4.74 Å². The normalized spacial score (nSPS) is 10.1. The van der Waals surface area contributed by atoms with Crippen molar-refractivity contribution in [2.24, 2.45) is 0 Å². The molecule has 1 N–H and O–H groups in total. The van der Waals surface area contributed by atoms with Gasteiger partial charge in [-0.05, 0) is 33.4 Å². The van der Waals surface area contributed by atoms with Gasteiger partial charge in [-0.1, -0.05) is 6.07 Å². The van der Waals surface area contributed by atoms with E-state index < -0.39 is 0 Å². The lowest BCUT2D eigenvalue weighted by molar-refractivity contribution is 0.398. The second kappa shape index (κ2) is 5.32. The molecule has 2 aromatic rings. The summed E-state index contributed by atoms with van der Waals surface area (Å²) in [7, 11) is 1.61. The highest BCUT2D eigenvalue weighted by Gasteiger charge is 2.02. The number of nitrogens with one attached hydrogen (secondary N) is 1. The molecule has 0 saturated heterocycles. The summed E-state index contributed by atoms with van der Waals surface area (Å²) in [5, 5.41) is 5.31. The SMILES string of the molecule is COc1cccc(NCc2sccc2Br)n1. The molecule has 0 bridgehead atoms. The van der Waals surface area contributed by atoms with Gasteiger partial charge in [0.05, 0.1) is 13.7 Å². The molecule has 2 heterocycles. The van der Waals surface area contributed by atoms with Crippen LogP contribution in [0.3, 0.4) is 0 Å². The van der Waals surface area contributed by atoms with Gasteiger partial charge in [0.1, 0.15) is 5.82 Å². The molecular formula is C11H11BrN2OS. The standard InChI is InChI=1S/C11H11BrN2OS/c1-15-11-4-2-3-10(14-11)13-7-9-8(12)5-6-16-9/h2-6H,7H2,1H3,(H,13,14). The number of hydrogen-bond acceptors (Lipinski definition) is 4. The van der Waals surface area contributed by atoms with E-state index in [0.29, 0.717) is 5.88 Å². The maximum absolute atomic E-state index is 5.06. The molecule has 3 nitrogen and oxygen atoms in total. The zero-order chi connectivity index (χ0) is 11.4. The van der Waals surface area contributed by atoms with Crippen molar-refractivity contribution in [2.75, 3.05) is 12.4 Å². The third-order valence-corrected chi connectivity index (χ3v) is 3.98. The van der Waals surface area contributed by atoms with Crippen LogP contribution in [0.25, 0.3) is 0 Å². The van der Waals surface area contributed by atoms with Gasteiger partial charge < -0.3 is 10.1 Å². The highest BCUT2D eigenvalue weighted by Crippen LogP contribution is 2.23. The van der Waals surface area contributed by atoms with E-state index in [0.717, 1.165) is 16.8 Å². The van der Waals surface area contributed by atoms with Crippen LogP contribution in [0.5, 0.6) is 5.88 Å². The monoisotopic (exact) mass is 298 g/mol. The summed E-state index contributed by atoms with van der Waals surface area (Å²) in [5.74, 6) is 1.44. The molecule has 0 atom stereocenters. The van der Waals surface area contributed by atoms with E-state index in [2.05, 4.69) is 31.6 Å². The van der Waals surface area contributed by atoms with Crippen LogP contribution in [0, 0.1) is 0 Å². The van der Waals surface area contributed by atoms with Gasteiger partial charge in [0, 0.05) is 15.4 Å². The van der Waals surface area contributed by atoms with Gasteiger partial charge in [-0.15, -0.1) is 11.3 Å². The Morgan fingerprint density at radius 2 is 2.31 bits per heavy atom. The highest BCUT2D eigenvalue weighted by molar-refractivity contribution is 9.10. The minimum absolute atomic E-state index is 0.621. The van der Waals surface area contributed by atoms with E-state index >= 15 is 0 Å². The second-order valence-electron chi connectivity index (χ2n) is 3.11. The van der Waals surface area contributed by atoms with E-state index in [1.165, 1.54) is 4.88 Å². The molecule has 16 heavy (non-hydrogen) atoms. The second-order valence-corrected chi connectivity index (χ2v) is 4.97. The van der Waals surface area contributed by atoms with Gasteiger partial charge >= 0.3 is 0 Å². The molecule has 0 amide bonds. The van der Waals surface area contributed by atoms with Gasteiger partial charge in [-0.25, -0.2) is 0 Å². The van der Waals surface area contributed by atoms with Gasteiger partial charge in [-0.3, -0.25) is 0 Å². The molecule has 0 aliphatic rings. The average molecular weight is 299 g/mol. The molecule has 0 unspecified atom stereocenters. The van der Waals surface area contributed by atoms with Gasteiger partial charge in [0.15, 0.2) is 0 Å². The number of ether oxygens (including phenoxy) is 1. The molecule has 2 aromatic heterocycles. The van der Waals surface area contributed by atoms with Crippen molar-refractivity contribution in [1.82, 2.24) is 4.98 Å². The van der Waals surface area contributed by atoms with Crippen LogP contribution >= 0.6 is 27.3 Å². The van der Waals surface area contributed by atoms with Crippen LogP contribution in [0.4, 0.5) is 5.82 Å². The van der Waals surface area contributed by atoms with Crippen LogP contribution in [-0.4, -0.2) is 12.1 Å². The molecule has 0 saturated carbocycles. The first-order valence-corrected chi connectivity index (χ1v) is 6.43. The van der Waals surface area contributed by atoms with E-state index in [1.807, 2.05) is 24.3 Å². The van der Waals surface area contributed by atoms with Crippen molar-refractivity contribution in [3.05, 3.63) is 39.0 Å². The molecule has 0 aromatic carbocycles. The molecule has 0 aliphatic heterocycles. The first kappa shape index (κ1) is 11.4. The molecule has 0 spiro atoms. The summed E-state index contributed by atoms with van der Waals surface area (Å²) in [5.41, 5.74) is 0. The van der Waals surface area contributed by atoms with Gasteiger partial charge in [-0.2, -0.15) is 4.98 Å². The third-order valence-electron chi connectivity index (χ3n) is 2.05. The van der Waals surface area contributed by atoms with E-state index in [-0.39, 0.29) is 0 Å². The lowest BCUT2D eigenvalue weighted by atomic mass is 10.4. The number of thiophene rings is 1. The minimum Gasteiger partial charge on any atom is -0.481 e. The van der Waals surface area contributed by atoms with Crippen LogP contribution in [0.1, 0.15) is 4.88 Å². The van der Waals surface area contributed by atoms with Gasteiger partial charge in [0.2, 0.25) is 5.88 Å². The number of aromatic nitrogens is 1. The van der Waals surface area contributed by atoms with Crippen molar-refractivity contribution in [3.63, 3.8) is 0 Å². The average Bonchev–Trinajstić information content (AvgIpc) is 2.72. The quantitative estimate of drug-likeness (QED) is 0.938. The lowest BCUT2D eigenvalue weighted by Gasteiger charge is -2.05. The molecule has 0 fully saturated rings. The fourth-order valence-corrected chi connectivity index (χ4v) is 2.68. The fraction of sp³-hybridized carbons (Fsp3) is 0.182. The third kappa shape index (κ3) is 2.74. The maximum Gasteiger partial charge on any atom is 0.214 e. The Hall–Kier alpha value is -1.07.